The van der Waals surface area contributed by atoms with E-state index in [1.165, 1.54) is 16.9 Å². The van der Waals surface area contributed by atoms with Crippen molar-refractivity contribution < 1.29 is 4.79 Å². The normalized spacial score (nSPS) is 10.3. The summed E-state index contributed by atoms with van der Waals surface area (Å²) >= 11 is 0. The van der Waals surface area contributed by atoms with E-state index in [1.54, 1.807) is 36.7 Å². The molecular weight excluding hydrogens is 272 g/mol. The lowest BCUT2D eigenvalue weighted by atomic mass is 10.2. The molecule has 3 aromatic rings. The number of carbonyl (C=O) groups excluding carboxylic acids is 1. The van der Waals surface area contributed by atoms with Crippen molar-refractivity contribution in [2.75, 3.05) is 5.32 Å². The van der Waals surface area contributed by atoms with Crippen LogP contribution in [0.2, 0.25) is 0 Å². The number of aromatic amines is 1. The largest absolute Gasteiger partial charge is 0.321 e. The van der Waals surface area contributed by atoms with E-state index in [2.05, 4.69) is 25.7 Å². The number of hydrogen-bond donors (Lipinski definition) is 2. The van der Waals surface area contributed by atoms with E-state index in [0.717, 1.165) is 5.69 Å². The van der Waals surface area contributed by atoms with Gasteiger partial charge in [-0.2, -0.15) is 20.1 Å². The van der Waals surface area contributed by atoms with Gasteiger partial charge in [-0.05, 0) is 30.3 Å². The first-order chi connectivity index (χ1) is 10.2. The summed E-state index contributed by atoms with van der Waals surface area (Å²) in [5, 5.41) is 16.6. The number of amides is 1. The van der Waals surface area contributed by atoms with Gasteiger partial charge in [0, 0.05) is 11.8 Å². The molecule has 2 N–H and O–H groups in total. The summed E-state index contributed by atoms with van der Waals surface area (Å²) < 4.78 is 0. The first kappa shape index (κ1) is 12.7. The molecule has 2 aromatic heterocycles. The van der Waals surface area contributed by atoms with E-state index >= 15 is 0 Å². The lowest BCUT2D eigenvalue weighted by molar-refractivity contribution is 0.102. The van der Waals surface area contributed by atoms with E-state index in [4.69, 9.17) is 0 Å². The van der Waals surface area contributed by atoms with Crippen LogP contribution < -0.4 is 10.9 Å². The van der Waals surface area contributed by atoms with Gasteiger partial charge in [0.2, 0.25) is 0 Å². The Hall–Kier alpha value is -3.29. The van der Waals surface area contributed by atoms with Gasteiger partial charge in [-0.15, -0.1) is 0 Å². The summed E-state index contributed by atoms with van der Waals surface area (Å²) in [7, 11) is 0. The Balaban J connectivity index is 1.74. The van der Waals surface area contributed by atoms with E-state index in [9.17, 15) is 9.59 Å². The van der Waals surface area contributed by atoms with Crippen molar-refractivity contribution >= 4 is 11.6 Å². The van der Waals surface area contributed by atoms with Gasteiger partial charge in [0.1, 0.15) is 5.69 Å². The van der Waals surface area contributed by atoms with Gasteiger partial charge in [0.25, 0.3) is 11.5 Å². The Labute approximate surface area is 118 Å². The number of benzene rings is 1. The Kier molecular flexibility index (Phi) is 3.26. The average Bonchev–Trinajstić information content (AvgIpc) is 3.03. The maximum atomic E-state index is 11.9. The second kappa shape index (κ2) is 5.37. The standard InChI is InChI=1S/C13H10N6O2/c20-12-6-5-11(17-18-12)13(21)16-9-1-3-10(4-2-9)19-14-7-8-15-19/h1-8H,(H,16,21)(H,18,20). The van der Waals surface area contributed by atoms with Crippen molar-refractivity contribution in [3.05, 3.63) is 64.8 Å². The minimum Gasteiger partial charge on any atom is -0.321 e. The molecule has 0 fully saturated rings. The van der Waals surface area contributed by atoms with Crippen molar-refractivity contribution in [2.24, 2.45) is 0 Å². The third kappa shape index (κ3) is 2.84. The molecule has 1 aromatic carbocycles. The molecule has 0 saturated heterocycles. The highest BCUT2D eigenvalue weighted by Crippen LogP contribution is 2.12. The molecule has 0 radical (unpaired) electrons. The fourth-order valence-corrected chi connectivity index (χ4v) is 1.69. The third-order valence-electron chi connectivity index (χ3n) is 2.69. The number of anilines is 1. The number of hydrogen-bond acceptors (Lipinski definition) is 5. The van der Waals surface area contributed by atoms with E-state index in [0.29, 0.717) is 5.69 Å². The summed E-state index contributed by atoms with van der Waals surface area (Å²) in [6.07, 6.45) is 3.16. The molecule has 0 aliphatic rings. The molecule has 0 saturated carbocycles. The molecule has 2 heterocycles. The van der Waals surface area contributed by atoms with Crippen molar-refractivity contribution in [1.82, 2.24) is 25.2 Å². The van der Waals surface area contributed by atoms with Crippen LogP contribution in [-0.4, -0.2) is 31.1 Å². The SMILES string of the molecule is O=C(Nc1ccc(-n2nccn2)cc1)c1ccc(=O)[nH]n1. The summed E-state index contributed by atoms with van der Waals surface area (Å²) in [5.41, 5.74) is 1.15. The zero-order valence-electron chi connectivity index (χ0n) is 10.7. The monoisotopic (exact) mass is 282 g/mol. The van der Waals surface area contributed by atoms with Crippen molar-refractivity contribution in [2.45, 2.75) is 0 Å². The zero-order chi connectivity index (χ0) is 14.7. The van der Waals surface area contributed by atoms with Gasteiger partial charge in [0.15, 0.2) is 0 Å². The van der Waals surface area contributed by atoms with Crippen LogP contribution >= 0.6 is 0 Å². The predicted molar refractivity (Wildman–Crippen MR) is 74.2 cm³/mol. The average molecular weight is 282 g/mol. The van der Waals surface area contributed by atoms with Crippen molar-refractivity contribution in [3.8, 4) is 5.69 Å². The van der Waals surface area contributed by atoms with Gasteiger partial charge in [-0.25, -0.2) is 5.10 Å². The fourth-order valence-electron chi connectivity index (χ4n) is 1.69. The van der Waals surface area contributed by atoms with Crippen molar-refractivity contribution in [3.63, 3.8) is 0 Å². The van der Waals surface area contributed by atoms with E-state index < -0.39 is 5.91 Å². The quantitative estimate of drug-likeness (QED) is 0.732. The topological polar surface area (TPSA) is 106 Å². The molecule has 104 valence electrons. The van der Waals surface area contributed by atoms with Crippen LogP contribution in [0.3, 0.4) is 0 Å². The Bertz CT molecular complexity index is 787. The van der Waals surface area contributed by atoms with Crippen LogP contribution in [-0.2, 0) is 0 Å². The first-order valence-electron chi connectivity index (χ1n) is 6.06. The Morgan fingerprint density at radius 1 is 1.05 bits per heavy atom. The van der Waals surface area contributed by atoms with Gasteiger partial charge in [-0.3, -0.25) is 9.59 Å². The summed E-state index contributed by atoms with van der Waals surface area (Å²) in [6.45, 7) is 0. The van der Waals surface area contributed by atoms with Crippen LogP contribution in [0, 0.1) is 0 Å². The van der Waals surface area contributed by atoms with Gasteiger partial charge < -0.3 is 5.32 Å². The van der Waals surface area contributed by atoms with E-state index in [1.807, 2.05) is 0 Å². The highest BCUT2D eigenvalue weighted by atomic mass is 16.2. The predicted octanol–water partition coefficient (Wildman–Crippen LogP) is 0.603. The van der Waals surface area contributed by atoms with Crippen LogP contribution in [0.15, 0.2) is 53.6 Å². The molecule has 0 aliphatic carbocycles. The third-order valence-corrected chi connectivity index (χ3v) is 2.69. The smallest absolute Gasteiger partial charge is 0.276 e. The zero-order valence-corrected chi connectivity index (χ0v) is 10.7. The molecular formula is C13H10N6O2. The molecule has 0 atom stereocenters. The molecule has 0 spiro atoms. The number of H-pyrrole nitrogens is 1. The summed E-state index contributed by atoms with van der Waals surface area (Å²) in [5.74, 6) is -0.406. The fraction of sp³-hybridized carbons (Fsp3) is 0. The molecule has 0 bridgehead atoms. The minimum absolute atomic E-state index is 0.132. The molecule has 21 heavy (non-hydrogen) atoms. The molecule has 0 unspecified atom stereocenters. The van der Waals surface area contributed by atoms with E-state index in [-0.39, 0.29) is 11.3 Å². The van der Waals surface area contributed by atoms with Crippen molar-refractivity contribution in [1.29, 1.82) is 0 Å². The maximum Gasteiger partial charge on any atom is 0.276 e. The highest BCUT2D eigenvalue weighted by Gasteiger charge is 2.08. The molecule has 0 aliphatic heterocycles. The highest BCUT2D eigenvalue weighted by molar-refractivity contribution is 6.02. The second-order valence-electron chi connectivity index (χ2n) is 4.13. The number of aromatic nitrogens is 5. The summed E-state index contributed by atoms with van der Waals surface area (Å²) in [6, 6.07) is 9.60. The molecule has 8 heteroatoms. The molecule has 1 amide bonds. The number of rotatable bonds is 3. The second-order valence-corrected chi connectivity index (χ2v) is 4.13. The maximum absolute atomic E-state index is 11.9. The van der Waals surface area contributed by atoms with Crippen LogP contribution in [0.4, 0.5) is 5.69 Å². The summed E-state index contributed by atoms with van der Waals surface area (Å²) in [4.78, 5) is 24.3. The Morgan fingerprint density at radius 3 is 2.38 bits per heavy atom. The number of nitrogens with zero attached hydrogens (tertiary/aromatic N) is 4. The minimum atomic E-state index is -0.406. The molecule has 3 rings (SSSR count). The first-order valence-corrected chi connectivity index (χ1v) is 6.06. The molecule has 8 nitrogen and oxygen atoms in total. The van der Waals surface area contributed by atoms with Crippen LogP contribution in [0.5, 0.6) is 0 Å². The number of carbonyl (C=O) groups is 1. The number of nitrogens with one attached hydrogen (secondary N) is 2. The van der Waals surface area contributed by atoms with Crippen LogP contribution in [0.25, 0.3) is 5.69 Å². The van der Waals surface area contributed by atoms with Gasteiger partial charge in [0.05, 0.1) is 18.1 Å². The Morgan fingerprint density at radius 2 is 1.76 bits per heavy atom. The van der Waals surface area contributed by atoms with Gasteiger partial charge >= 0.3 is 0 Å². The van der Waals surface area contributed by atoms with Gasteiger partial charge in [-0.1, -0.05) is 0 Å². The van der Waals surface area contributed by atoms with Crippen LogP contribution in [0.1, 0.15) is 10.5 Å². The lowest BCUT2D eigenvalue weighted by Crippen LogP contribution is -2.17. The lowest BCUT2D eigenvalue weighted by Gasteiger charge is -2.05.